The van der Waals surface area contributed by atoms with Crippen LogP contribution in [0.4, 0.5) is 10.1 Å². The highest BCUT2D eigenvalue weighted by atomic mass is 79.9. The summed E-state index contributed by atoms with van der Waals surface area (Å²) in [6, 6.07) is 7.91. The SMILES string of the molecule is N#Cc1cc(NCc2cc(Br)c(Br)o2)ccc1F. The molecule has 1 heterocycles. The Morgan fingerprint density at radius 3 is 2.72 bits per heavy atom. The third-order valence-electron chi connectivity index (χ3n) is 2.25. The molecule has 3 nitrogen and oxygen atoms in total. The van der Waals surface area contributed by atoms with E-state index in [0.717, 1.165) is 10.2 Å². The van der Waals surface area contributed by atoms with Crippen molar-refractivity contribution < 1.29 is 8.81 Å². The van der Waals surface area contributed by atoms with E-state index in [2.05, 4.69) is 37.2 Å². The Balaban J connectivity index is 2.09. The van der Waals surface area contributed by atoms with Gasteiger partial charge in [-0.3, -0.25) is 0 Å². The van der Waals surface area contributed by atoms with Gasteiger partial charge in [0.1, 0.15) is 17.6 Å². The second kappa shape index (κ2) is 5.55. The topological polar surface area (TPSA) is 49.0 Å². The molecule has 0 spiro atoms. The number of benzene rings is 1. The van der Waals surface area contributed by atoms with Gasteiger partial charge in [-0.1, -0.05) is 0 Å². The average molecular weight is 374 g/mol. The fourth-order valence-electron chi connectivity index (χ4n) is 1.39. The number of nitrogens with one attached hydrogen (secondary N) is 1. The number of halogens is 3. The minimum atomic E-state index is -0.522. The summed E-state index contributed by atoms with van der Waals surface area (Å²) in [6.45, 7) is 0.445. The molecule has 1 aromatic heterocycles. The zero-order valence-corrected chi connectivity index (χ0v) is 12.2. The Morgan fingerprint density at radius 2 is 2.11 bits per heavy atom. The van der Waals surface area contributed by atoms with Crippen LogP contribution in [0.5, 0.6) is 0 Å². The Labute approximate surface area is 120 Å². The molecule has 0 atom stereocenters. The fourth-order valence-corrected chi connectivity index (χ4v) is 2.05. The van der Waals surface area contributed by atoms with Gasteiger partial charge in [0.25, 0.3) is 0 Å². The third-order valence-corrected chi connectivity index (χ3v) is 3.96. The molecule has 0 amide bonds. The summed E-state index contributed by atoms with van der Waals surface area (Å²) in [5, 5.41) is 11.8. The summed E-state index contributed by atoms with van der Waals surface area (Å²) < 4.78 is 19.9. The largest absolute Gasteiger partial charge is 0.451 e. The molecule has 0 fully saturated rings. The standard InChI is InChI=1S/C12H7Br2FN2O/c13-10-4-9(18-12(10)14)6-17-8-1-2-11(15)7(3-8)5-16/h1-4,17H,6H2. The van der Waals surface area contributed by atoms with Crippen LogP contribution in [-0.2, 0) is 6.54 Å². The van der Waals surface area contributed by atoms with Crippen molar-refractivity contribution >= 4 is 37.5 Å². The summed E-state index contributed by atoms with van der Waals surface area (Å²) in [6.07, 6.45) is 0. The minimum absolute atomic E-state index is 0.0156. The zero-order chi connectivity index (χ0) is 13.1. The molecule has 0 radical (unpaired) electrons. The number of hydrogen-bond acceptors (Lipinski definition) is 3. The number of nitrogens with zero attached hydrogens (tertiary/aromatic N) is 1. The Morgan fingerprint density at radius 1 is 1.33 bits per heavy atom. The van der Waals surface area contributed by atoms with Gasteiger partial charge in [0.15, 0.2) is 4.67 Å². The molecular weight excluding hydrogens is 367 g/mol. The van der Waals surface area contributed by atoms with E-state index >= 15 is 0 Å². The van der Waals surface area contributed by atoms with Crippen LogP contribution in [0.25, 0.3) is 0 Å². The second-order valence-electron chi connectivity index (χ2n) is 3.49. The van der Waals surface area contributed by atoms with Crippen LogP contribution in [0.15, 0.2) is 37.8 Å². The predicted molar refractivity (Wildman–Crippen MR) is 72.5 cm³/mol. The highest BCUT2D eigenvalue weighted by Gasteiger charge is 2.07. The van der Waals surface area contributed by atoms with Crippen LogP contribution >= 0.6 is 31.9 Å². The van der Waals surface area contributed by atoms with E-state index in [0.29, 0.717) is 16.9 Å². The van der Waals surface area contributed by atoms with Crippen molar-refractivity contribution in [3.8, 4) is 6.07 Å². The van der Waals surface area contributed by atoms with Gasteiger partial charge in [0.2, 0.25) is 0 Å². The first-order chi connectivity index (χ1) is 8.60. The maximum Gasteiger partial charge on any atom is 0.183 e. The summed E-state index contributed by atoms with van der Waals surface area (Å²) in [4.78, 5) is 0. The molecule has 1 aromatic carbocycles. The van der Waals surface area contributed by atoms with Crippen LogP contribution in [-0.4, -0.2) is 0 Å². The Bertz CT molecular complexity index is 600. The molecule has 18 heavy (non-hydrogen) atoms. The lowest BCUT2D eigenvalue weighted by atomic mass is 10.2. The highest BCUT2D eigenvalue weighted by Crippen LogP contribution is 2.27. The molecule has 1 N–H and O–H groups in total. The number of furan rings is 1. The van der Waals surface area contributed by atoms with Gasteiger partial charge in [0, 0.05) is 5.69 Å². The molecule has 6 heteroatoms. The maximum absolute atomic E-state index is 13.1. The molecule has 0 aliphatic heterocycles. The minimum Gasteiger partial charge on any atom is -0.451 e. The normalized spacial score (nSPS) is 10.1. The highest BCUT2D eigenvalue weighted by molar-refractivity contribution is 9.13. The zero-order valence-electron chi connectivity index (χ0n) is 9.01. The van der Waals surface area contributed by atoms with E-state index in [-0.39, 0.29) is 5.56 Å². The second-order valence-corrected chi connectivity index (χ2v) is 5.07. The molecule has 2 aromatic rings. The quantitative estimate of drug-likeness (QED) is 0.865. The summed E-state index contributed by atoms with van der Waals surface area (Å²) in [5.41, 5.74) is 0.679. The van der Waals surface area contributed by atoms with Gasteiger partial charge in [-0.2, -0.15) is 5.26 Å². The molecule has 0 saturated heterocycles. The van der Waals surface area contributed by atoms with E-state index in [4.69, 9.17) is 9.68 Å². The van der Waals surface area contributed by atoms with Crippen molar-refractivity contribution in [2.24, 2.45) is 0 Å². The van der Waals surface area contributed by atoms with Crippen LogP contribution in [0.1, 0.15) is 11.3 Å². The van der Waals surface area contributed by atoms with E-state index in [9.17, 15) is 4.39 Å². The fraction of sp³-hybridized carbons (Fsp3) is 0.0833. The van der Waals surface area contributed by atoms with Crippen molar-refractivity contribution in [2.45, 2.75) is 6.54 Å². The van der Waals surface area contributed by atoms with Crippen molar-refractivity contribution in [3.63, 3.8) is 0 Å². The summed E-state index contributed by atoms with van der Waals surface area (Å²) in [5.74, 6) is 0.197. The number of nitriles is 1. The molecule has 0 unspecified atom stereocenters. The molecule has 0 bridgehead atoms. The third kappa shape index (κ3) is 2.92. The van der Waals surface area contributed by atoms with Crippen LogP contribution < -0.4 is 5.32 Å². The van der Waals surface area contributed by atoms with Gasteiger partial charge in [-0.15, -0.1) is 0 Å². The Hall–Kier alpha value is -1.32. The number of rotatable bonds is 3. The molecule has 0 aliphatic rings. The van der Waals surface area contributed by atoms with E-state index < -0.39 is 5.82 Å². The van der Waals surface area contributed by atoms with Gasteiger partial charge < -0.3 is 9.73 Å². The van der Waals surface area contributed by atoms with Crippen LogP contribution in [0, 0.1) is 17.1 Å². The monoisotopic (exact) mass is 372 g/mol. The first-order valence-corrected chi connectivity index (χ1v) is 6.56. The first kappa shape index (κ1) is 13.1. The summed E-state index contributed by atoms with van der Waals surface area (Å²) >= 11 is 6.55. The molecule has 92 valence electrons. The molecular formula is C12H7Br2FN2O. The van der Waals surface area contributed by atoms with Crippen molar-refractivity contribution in [2.75, 3.05) is 5.32 Å². The molecule has 0 aliphatic carbocycles. The van der Waals surface area contributed by atoms with E-state index in [1.54, 1.807) is 12.1 Å². The average Bonchev–Trinajstić information content (AvgIpc) is 2.68. The van der Waals surface area contributed by atoms with Crippen molar-refractivity contribution in [3.05, 3.63) is 50.5 Å². The van der Waals surface area contributed by atoms with Crippen molar-refractivity contribution in [1.29, 1.82) is 5.26 Å². The van der Waals surface area contributed by atoms with Gasteiger partial charge in [0.05, 0.1) is 16.6 Å². The lowest BCUT2D eigenvalue weighted by Crippen LogP contribution is -1.99. The van der Waals surface area contributed by atoms with Crippen LogP contribution in [0.3, 0.4) is 0 Å². The van der Waals surface area contributed by atoms with Crippen molar-refractivity contribution in [1.82, 2.24) is 0 Å². The van der Waals surface area contributed by atoms with Gasteiger partial charge >= 0.3 is 0 Å². The smallest absolute Gasteiger partial charge is 0.183 e. The van der Waals surface area contributed by atoms with E-state index in [1.807, 2.05) is 6.07 Å². The predicted octanol–water partition coefficient (Wildman–Crippen LogP) is 4.43. The van der Waals surface area contributed by atoms with Gasteiger partial charge in [-0.05, 0) is 56.1 Å². The lowest BCUT2D eigenvalue weighted by Gasteiger charge is -2.04. The van der Waals surface area contributed by atoms with Crippen LogP contribution in [0.2, 0.25) is 0 Å². The van der Waals surface area contributed by atoms with Gasteiger partial charge in [-0.25, -0.2) is 4.39 Å². The van der Waals surface area contributed by atoms with E-state index in [1.165, 1.54) is 12.1 Å². The Kier molecular flexibility index (Phi) is 4.04. The maximum atomic E-state index is 13.1. The lowest BCUT2D eigenvalue weighted by molar-refractivity contribution is 0.494. The summed E-state index contributed by atoms with van der Waals surface area (Å²) in [7, 11) is 0. The number of hydrogen-bond donors (Lipinski definition) is 1. The first-order valence-electron chi connectivity index (χ1n) is 4.97. The molecule has 0 saturated carbocycles. The number of anilines is 1. The molecule has 2 rings (SSSR count).